The Bertz CT molecular complexity index is 1380. The molecule has 5 rings (SSSR count). The lowest BCUT2D eigenvalue weighted by Crippen LogP contribution is -2.45. The van der Waals surface area contributed by atoms with Crippen LogP contribution in [0.4, 0.5) is 5.82 Å². The molecule has 0 spiro atoms. The number of piperidine rings is 1. The summed E-state index contributed by atoms with van der Waals surface area (Å²) in [4.78, 5) is 41.4. The number of carbonyl (C=O) groups is 1. The minimum atomic E-state index is -0.0896. The molecule has 2 aliphatic heterocycles. The first-order valence-corrected chi connectivity index (χ1v) is 14.5. The topological polar surface area (TPSA) is 83.8 Å². The molecule has 0 aliphatic carbocycles. The van der Waals surface area contributed by atoms with E-state index in [4.69, 9.17) is 9.72 Å². The van der Waals surface area contributed by atoms with Crippen LogP contribution in [0.15, 0.2) is 40.2 Å². The number of anilines is 1. The summed E-state index contributed by atoms with van der Waals surface area (Å²) in [5.41, 5.74) is 2.53. The molecule has 0 N–H and O–H groups in total. The minimum Gasteiger partial charge on any atom is -0.497 e. The van der Waals surface area contributed by atoms with Crippen molar-refractivity contribution in [3.05, 3.63) is 50.1 Å². The molecule has 3 aromatic rings. The van der Waals surface area contributed by atoms with E-state index in [-0.39, 0.29) is 11.5 Å². The molecule has 12 heteroatoms. The Morgan fingerprint density at radius 1 is 1.22 bits per heavy atom. The van der Waals surface area contributed by atoms with Gasteiger partial charge in [0.05, 0.1) is 40.7 Å². The highest BCUT2D eigenvalue weighted by Crippen LogP contribution is 2.35. The molecule has 2 aliphatic rings. The Balaban J connectivity index is 1.19. The van der Waals surface area contributed by atoms with Crippen LogP contribution in [-0.4, -0.2) is 83.7 Å². The van der Waals surface area contributed by atoms with Gasteiger partial charge in [0.25, 0.3) is 5.56 Å². The number of methoxy groups -OCH3 is 1. The molecule has 1 aromatic carbocycles. The van der Waals surface area contributed by atoms with Crippen molar-refractivity contribution in [1.29, 1.82) is 0 Å². The summed E-state index contributed by atoms with van der Waals surface area (Å²) in [6.07, 6.45) is 3.52. The van der Waals surface area contributed by atoms with E-state index in [1.165, 1.54) is 6.20 Å². The Morgan fingerprint density at radius 2 is 2.00 bits per heavy atom. The van der Waals surface area contributed by atoms with Crippen molar-refractivity contribution in [3.8, 4) is 5.75 Å². The van der Waals surface area contributed by atoms with Crippen molar-refractivity contribution in [2.75, 3.05) is 44.4 Å². The molecular weight excluding hydrogens is 602 g/mol. The quantitative estimate of drug-likeness (QED) is 0.289. The van der Waals surface area contributed by atoms with Crippen molar-refractivity contribution in [2.45, 2.75) is 36.9 Å². The number of aromatic nitrogens is 3. The molecule has 37 heavy (non-hydrogen) atoms. The van der Waals surface area contributed by atoms with Gasteiger partial charge < -0.3 is 19.0 Å². The van der Waals surface area contributed by atoms with E-state index in [1.54, 1.807) is 28.3 Å². The van der Waals surface area contributed by atoms with Gasteiger partial charge in [0, 0.05) is 42.4 Å². The van der Waals surface area contributed by atoms with E-state index in [1.807, 2.05) is 25.2 Å². The number of ether oxygens (including phenoxy) is 1. The Morgan fingerprint density at radius 3 is 2.76 bits per heavy atom. The van der Waals surface area contributed by atoms with E-state index in [0.29, 0.717) is 18.3 Å². The summed E-state index contributed by atoms with van der Waals surface area (Å²) < 4.78 is 8.29. The standard InChI is InChI=1S/C25H30BIN6O3S/c1-30-24(35)15-37-22-12-18(27)20(29-25(22)30)14-33(26)16-5-7-31(8-6-16)9-10-32-21-11-17(36-2)3-4-19(21)28-13-23(32)34/h3-4,11-13,16H,5-10,14-15,26H2,1-2H3. The molecule has 1 amide bonds. The average Bonchev–Trinajstić information content (AvgIpc) is 2.91. The van der Waals surface area contributed by atoms with Crippen LogP contribution in [0.5, 0.6) is 5.75 Å². The molecule has 1 saturated heterocycles. The first kappa shape index (κ1) is 26.5. The van der Waals surface area contributed by atoms with Crippen molar-refractivity contribution < 1.29 is 9.53 Å². The number of nitrogens with zero attached hydrogens (tertiary/aromatic N) is 6. The van der Waals surface area contributed by atoms with Gasteiger partial charge in [0.15, 0.2) is 7.98 Å². The Labute approximate surface area is 235 Å². The molecular formula is C25H30BIN6O3S. The summed E-state index contributed by atoms with van der Waals surface area (Å²) >= 11 is 3.93. The lowest BCUT2D eigenvalue weighted by molar-refractivity contribution is -0.116. The third-order valence-corrected chi connectivity index (χ3v) is 9.25. The number of fused-ring (bicyclic) bond motifs is 2. The molecule has 0 radical (unpaired) electrons. The van der Waals surface area contributed by atoms with Gasteiger partial charge in [-0.2, -0.15) is 0 Å². The van der Waals surface area contributed by atoms with Crippen molar-refractivity contribution in [3.63, 3.8) is 0 Å². The third-order valence-electron chi connectivity index (χ3n) is 7.31. The van der Waals surface area contributed by atoms with Gasteiger partial charge in [0.2, 0.25) is 5.91 Å². The largest absolute Gasteiger partial charge is 0.497 e. The first-order chi connectivity index (χ1) is 17.8. The summed E-state index contributed by atoms with van der Waals surface area (Å²) in [6, 6.07) is 8.25. The molecule has 0 unspecified atom stereocenters. The zero-order valence-electron chi connectivity index (χ0n) is 21.3. The van der Waals surface area contributed by atoms with Crippen molar-refractivity contribution in [1.82, 2.24) is 24.2 Å². The van der Waals surface area contributed by atoms with Crippen LogP contribution in [0.25, 0.3) is 11.0 Å². The number of halogens is 1. The maximum absolute atomic E-state index is 12.6. The molecule has 9 nitrogen and oxygen atoms in total. The molecule has 1 fully saturated rings. The van der Waals surface area contributed by atoms with Crippen LogP contribution in [0.3, 0.4) is 0 Å². The van der Waals surface area contributed by atoms with Gasteiger partial charge in [-0.15, -0.1) is 11.8 Å². The maximum atomic E-state index is 12.6. The highest BCUT2D eigenvalue weighted by Gasteiger charge is 2.27. The molecule has 0 saturated carbocycles. The van der Waals surface area contributed by atoms with Crippen LogP contribution in [0, 0.1) is 3.57 Å². The lowest BCUT2D eigenvalue weighted by atomic mass is 9.99. The summed E-state index contributed by atoms with van der Waals surface area (Å²) in [6.45, 7) is 4.16. The zero-order chi connectivity index (χ0) is 26.1. The number of hydrogen-bond donors (Lipinski definition) is 0. The predicted molar refractivity (Wildman–Crippen MR) is 157 cm³/mol. The van der Waals surface area contributed by atoms with Crippen molar-refractivity contribution >= 4 is 65.1 Å². The number of carbonyl (C=O) groups excluding carboxylic acids is 1. The van der Waals surface area contributed by atoms with Crippen LogP contribution in [0.2, 0.25) is 0 Å². The summed E-state index contributed by atoms with van der Waals surface area (Å²) in [5.74, 6) is 2.06. The molecule has 0 bridgehead atoms. The summed E-state index contributed by atoms with van der Waals surface area (Å²) in [5, 5.41) is 0. The molecule has 194 valence electrons. The number of amides is 1. The predicted octanol–water partition coefficient (Wildman–Crippen LogP) is 1.99. The van der Waals surface area contributed by atoms with Crippen LogP contribution < -0.4 is 15.2 Å². The highest BCUT2D eigenvalue weighted by molar-refractivity contribution is 14.1. The lowest BCUT2D eigenvalue weighted by Gasteiger charge is -2.37. The van der Waals surface area contributed by atoms with Crippen LogP contribution in [0.1, 0.15) is 18.5 Å². The van der Waals surface area contributed by atoms with Crippen LogP contribution in [-0.2, 0) is 17.9 Å². The Kier molecular flexibility index (Phi) is 8.08. The smallest absolute Gasteiger partial charge is 0.269 e. The van der Waals surface area contributed by atoms with Gasteiger partial charge in [-0.1, -0.05) is 0 Å². The fourth-order valence-electron chi connectivity index (χ4n) is 5.00. The third kappa shape index (κ3) is 5.66. The number of likely N-dealkylation sites (tertiary alicyclic amines) is 1. The van der Waals surface area contributed by atoms with Gasteiger partial charge >= 0.3 is 0 Å². The maximum Gasteiger partial charge on any atom is 0.269 e. The Hall–Kier alpha value is -2.16. The number of thioether (sulfide) groups is 1. The van der Waals surface area contributed by atoms with E-state index in [9.17, 15) is 9.59 Å². The molecule has 0 atom stereocenters. The number of rotatable bonds is 7. The van der Waals surface area contributed by atoms with E-state index >= 15 is 0 Å². The van der Waals surface area contributed by atoms with E-state index < -0.39 is 0 Å². The van der Waals surface area contributed by atoms with Gasteiger partial charge in [-0.25, -0.2) is 9.97 Å². The minimum absolute atomic E-state index is 0.0896. The van der Waals surface area contributed by atoms with Gasteiger partial charge in [-0.05, 0) is 66.7 Å². The van der Waals surface area contributed by atoms with E-state index in [0.717, 1.165) is 75.8 Å². The number of pyridine rings is 1. The fraction of sp³-hybridized carbons (Fsp3) is 0.440. The number of benzene rings is 1. The second kappa shape index (κ2) is 11.3. The number of hydrogen-bond acceptors (Lipinski definition) is 8. The zero-order valence-corrected chi connectivity index (χ0v) is 24.3. The van der Waals surface area contributed by atoms with Crippen molar-refractivity contribution in [2.24, 2.45) is 0 Å². The summed E-state index contributed by atoms with van der Waals surface area (Å²) in [7, 11) is 5.60. The first-order valence-electron chi connectivity index (χ1n) is 12.4. The van der Waals surface area contributed by atoms with Gasteiger partial charge in [0.1, 0.15) is 11.6 Å². The normalized spacial score (nSPS) is 17.0. The average molecular weight is 632 g/mol. The molecule has 2 aromatic heterocycles. The van der Waals surface area contributed by atoms with E-state index in [2.05, 4.69) is 51.3 Å². The molecule has 4 heterocycles. The monoisotopic (exact) mass is 632 g/mol. The highest BCUT2D eigenvalue weighted by atomic mass is 127. The van der Waals surface area contributed by atoms with Crippen LogP contribution >= 0.6 is 34.4 Å². The SMILES string of the molecule is BN(Cc1nc2c(cc1I)SCC(=O)N2C)C1CCN(CCn2c(=O)cnc3ccc(OC)cc32)CC1. The second-order valence-electron chi connectivity index (χ2n) is 9.57. The van der Waals surface area contributed by atoms with Gasteiger partial charge in [-0.3, -0.25) is 14.5 Å². The second-order valence-corrected chi connectivity index (χ2v) is 11.8. The fourth-order valence-corrected chi connectivity index (χ4v) is 6.80.